The van der Waals surface area contributed by atoms with E-state index < -0.39 is 23.0 Å². The molecule has 1 aliphatic heterocycles. The molecule has 1 aliphatic rings. The fourth-order valence-electron chi connectivity index (χ4n) is 3.46. The molecule has 0 amide bonds. The lowest BCUT2D eigenvalue weighted by molar-refractivity contribution is -0.138. The van der Waals surface area contributed by atoms with Crippen LogP contribution in [-0.2, 0) is 26.8 Å². The summed E-state index contributed by atoms with van der Waals surface area (Å²) in [5.74, 6) is 0.173. The first-order valence-corrected chi connectivity index (χ1v) is 8.88. The van der Waals surface area contributed by atoms with Crippen LogP contribution in [0.3, 0.4) is 0 Å². The smallest absolute Gasteiger partial charge is 0.348 e. The first-order valence-electron chi connectivity index (χ1n) is 8.88. The van der Waals surface area contributed by atoms with Crippen LogP contribution in [0, 0.1) is 0 Å². The number of benzene rings is 1. The number of hydrogen-bond acceptors (Lipinski definition) is 5. The minimum atomic E-state index is -4.40. The monoisotopic (exact) mass is 397 g/mol. The molecule has 7 nitrogen and oxygen atoms in total. The standard InChI is InChI=1S/C18H22F3N5O2/c1-12-10-26(15-16(27)23(2)17(28)24(3)22-15)9-8-25(12)11-13-6-4-5-7-14(13)18(19,20)21/h4-7,12H,8-11H2,1-3H3. The van der Waals surface area contributed by atoms with Gasteiger partial charge in [0.05, 0.1) is 5.56 Å². The molecule has 1 aromatic carbocycles. The highest BCUT2D eigenvalue weighted by molar-refractivity contribution is 5.36. The van der Waals surface area contributed by atoms with Gasteiger partial charge in [0.1, 0.15) is 0 Å². The summed E-state index contributed by atoms with van der Waals surface area (Å²) in [7, 11) is 2.86. The zero-order valence-corrected chi connectivity index (χ0v) is 15.9. The van der Waals surface area contributed by atoms with E-state index in [9.17, 15) is 22.8 Å². The molecule has 10 heteroatoms. The van der Waals surface area contributed by atoms with Gasteiger partial charge in [0.25, 0.3) is 5.56 Å². The van der Waals surface area contributed by atoms with Crippen molar-refractivity contribution in [1.82, 2.24) is 19.2 Å². The van der Waals surface area contributed by atoms with Crippen molar-refractivity contribution in [2.75, 3.05) is 24.5 Å². The Bertz CT molecular complexity index is 982. The van der Waals surface area contributed by atoms with Crippen molar-refractivity contribution in [3.8, 4) is 0 Å². The second kappa shape index (κ2) is 7.42. The van der Waals surface area contributed by atoms with E-state index in [0.717, 1.165) is 15.3 Å². The number of rotatable bonds is 3. The van der Waals surface area contributed by atoms with Gasteiger partial charge in [-0.05, 0) is 18.6 Å². The summed E-state index contributed by atoms with van der Waals surface area (Å²) in [6.07, 6.45) is -4.40. The minimum absolute atomic E-state index is 0.0984. The van der Waals surface area contributed by atoms with Gasteiger partial charge in [0.2, 0.25) is 5.82 Å². The molecule has 0 saturated carbocycles. The van der Waals surface area contributed by atoms with Crippen molar-refractivity contribution in [2.45, 2.75) is 25.7 Å². The van der Waals surface area contributed by atoms with E-state index in [4.69, 9.17) is 0 Å². The third-order valence-corrected chi connectivity index (χ3v) is 5.07. The number of aryl methyl sites for hydroxylation is 1. The highest BCUT2D eigenvalue weighted by Gasteiger charge is 2.34. The number of piperazine rings is 1. The number of hydrogen-bond donors (Lipinski definition) is 0. The highest BCUT2D eigenvalue weighted by Crippen LogP contribution is 2.32. The van der Waals surface area contributed by atoms with Gasteiger partial charge in [-0.15, -0.1) is 5.10 Å². The summed E-state index contributed by atoms with van der Waals surface area (Å²) in [6.45, 7) is 3.40. The van der Waals surface area contributed by atoms with Gasteiger partial charge < -0.3 is 4.90 Å². The number of aromatic nitrogens is 3. The molecule has 28 heavy (non-hydrogen) atoms. The maximum Gasteiger partial charge on any atom is 0.416 e. The van der Waals surface area contributed by atoms with E-state index in [2.05, 4.69) is 5.10 Å². The first-order chi connectivity index (χ1) is 13.1. The van der Waals surface area contributed by atoms with Gasteiger partial charge in [-0.3, -0.25) is 14.3 Å². The molecule has 1 atom stereocenters. The van der Waals surface area contributed by atoms with E-state index in [0.29, 0.717) is 19.6 Å². The van der Waals surface area contributed by atoms with Gasteiger partial charge >= 0.3 is 11.9 Å². The molecular weight excluding hydrogens is 375 g/mol. The fraction of sp³-hybridized carbons (Fsp3) is 0.500. The molecule has 2 aromatic rings. The summed E-state index contributed by atoms with van der Waals surface area (Å²) in [5.41, 5.74) is -1.39. The van der Waals surface area contributed by atoms with Crippen LogP contribution >= 0.6 is 0 Å². The summed E-state index contributed by atoms with van der Waals surface area (Å²) < 4.78 is 41.8. The van der Waals surface area contributed by atoms with Gasteiger partial charge in [-0.1, -0.05) is 18.2 Å². The Morgan fingerprint density at radius 3 is 2.46 bits per heavy atom. The van der Waals surface area contributed by atoms with E-state index in [1.54, 1.807) is 11.0 Å². The molecule has 0 aliphatic carbocycles. The number of anilines is 1. The van der Waals surface area contributed by atoms with Crippen LogP contribution in [-0.4, -0.2) is 44.9 Å². The lowest BCUT2D eigenvalue weighted by Gasteiger charge is -2.40. The largest absolute Gasteiger partial charge is 0.416 e. The van der Waals surface area contributed by atoms with Gasteiger partial charge in [-0.2, -0.15) is 13.2 Å². The topological polar surface area (TPSA) is 63.4 Å². The van der Waals surface area contributed by atoms with Crippen molar-refractivity contribution >= 4 is 5.82 Å². The van der Waals surface area contributed by atoms with Crippen molar-refractivity contribution in [3.05, 3.63) is 56.2 Å². The van der Waals surface area contributed by atoms with Crippen molar-refractivity contribution in [3.63, 3.8) is 0 Å². The molecule has 1 unspecified atom stereocenters. The van der Waals surface area contributed by atoms with Crippen LogP contribution in [0.15, 0.2) is 33.9 Å². The zero-order chi connectivity index (χ0) is 20.6. The maximum atomic E-state index is 13.2. The molecule has 0 radical (unpaired) electrons. The third-order valence-electron chi connectivity index (χ3n) is 5.07. The average Bonchev–Trinajstić information content (AvgIpc) is 2.64. The molecule has 0 bridgehead atoms. The van der Waals surface area contributed by atoms with Gasteiger partial charge in [-0.25, -0.2) is 9.48 Å². The molecule has 1 saturated heterocycles. The second-order valence-electron chi connectivity index (χ2n) is 7.01. The second-order valence-corrected chi connectivity index (χ2v) is 7.01. The van der Waals surface area contributed by atoms with Crippen LogP contribution in [0.5, 0.6) is 0 Å². The molecule has 3 rings (SSSR count). The molecule has 1 fully saturated rings. The summed E-state index contributed by atoms with van der Waals surface area (Å²) in [5, 5.41) is 4.08. The SMILES string of the molecule is CC1CN(c2nn(C)c(=O)n(C)c2=O)CCN1Cc1ccccc1C(F)(F)F. The lowest BCUT2D eigenvalue weighted by Crippen LogP contribution is -2.54. The highest BCUT2D eigenvalue weighted by atomic mass is 19.4. The van der Waals surface area contributed by atoms with E-state index in [1.165, 1.54) is 26.2 Å². The molecular formula is C18H22F3N5O2. The van der Waals surface area contributed by atoms with Crippen LogP contribution in [0.4, 0.5) is 19.0 Å². The normalized spacial score (nSPS) is 18.5. The van der Waals surface area contributed by atoms with E-state index >= 15 is 0 Å². The predicted molar refractivity (Wildman–Crippen MR) is 98.2 cm³/mol. The number of nitrogens with zero attached hydrogens (tertiary/aromatic N) is 5. The van der Waals surface area contributed by atoms with Gasteiger partial charge in [0, 0.05) is 46.3 Å². The summed E-state index contributed by atoms with van der Waals surface area (Å²) >= 11 is 0. The molecule has 152 valence electrons. The molecule has 0 N–H and O–H groups in total. The Morgan fingerprint density at radius 1 is 1.14 bits per heavy atom. The average molecular weight is 397 g/mol. The van der Waals surface area contributed by atoms with Crippen LogP contribution < -0.4 is 16.1 Å². The Kier molecular flexibility index (Phi) is 5.33. The van der Waals surface area contributed by atoms with Crippen LogP contribution in [0.25, 0.3) is 0 Å². The number of alkyl halides is 3. The Morgan fingerprint density at radius 2 is 1.82 bits per heavy atom. The van der Waals surface area contributed by atoms with Crippen LogP contribution in [0.2, 0.25) is 0 Å². The Balaban J connectivity index is 1.79. The van der Waals surface area contributed by atoms with Crippen molar-refractivity contribution in [1.29, 1.82) is 0 Å². The summed E-state index contributed by atoms with van der Waals surface area (Å²) in [4.78, 5) is 27.9. The van der Waals surface area contributed by atoms with E-state index in [-0.39, 0.29) is 24.0 Å². The minimum Gasteiger partial charge on any atom is -0.348 e. The molecule has 0 spiro atoms. The Labute approximate surface area is 159 Å². The lowest BCUT2D eigenvalue weighted by atomic mass is 10.0. The first kappa shape index (κ1) is 20.1. The maximum absolute atomic E-state index is 13.2. The van der Waals surface area contributed by atoms with Gasteiger partial charge in [0.15, 0.2) is 0 Å². The van der Waals surface area contributed by atoms with E-state index in [1.807, 2.05) is 11.8 Å². The number of halogens is 3. The van der Waals surface area contributed by atoms with Crippen molar-refractivity contribution in [2.24, 2.45) is 14.1 Å². The molecule has 1 aromatic heterocycles. The quantitative estimate of drug-likeness (QED) is 0.779. The van der Waals surface area contributed by atoms with Crippen LogP contribution in [0.1, 0.15) is 18.1 Å². The predicted octanol–water partition coefficient (Wildman–Crippen LogP) is 1.21. The Hall–Kier alpha value is -2.62. The molecule has 2 heterocycles. The third kappa shape index (κ3) is 3.82. The summed E-state index contributed by atoms with van der Waals surface area (Å²) in [6, 6.07) is 5.47. The van der Waals surface area contributed by atoms with Crippen molar-refractivity contribution < 1.29 is 13.2 Å². The fourth-order valence-corrected chi connectivity index (χ4v) is 3.46. The zero-order valence-electron chi connectivity index (χ0n) is 15.9.